The van der Waals surface area contributed by atoms with Gasteiger partial charge in [0.1, 0.15) is 0 Å². The van der Waals surface area contributed by atoms with Gasteiger partial charge in [-0.05, 0) is 6.42 Å². The number of hydrogen-bond donors (Lipinski definition) is 5. The standard InChI is InChI=1S/C26H54O2.2CH2O3/c1-2-3-4-5-6-7-8-9-10-11-12-13-14-15-16-17-18-19-20-21-22-23-24-25-26-28-27;2*2-1(3)4/h27H,2-26H2,1H3;2*(H2,2,3,4). The SMILES string of the molecule is CCCCCCCCCCCCCCCCCCCCCCCCCCOO.O=C(O)O.O=C(O)O. The van der Waals surface area contributed by atoms with Crippen LogP contribution in [0.25, 0.3) is 0 Å². The topological polar surface area (TPSA) is 145 Å². The van der Waals surface area contributed by atoms with Gasteiger partial charge >= 0.3 is 12.3 Å². The van der Waals surface area contributed by atoms with Crippen molar-refractivity contribution in [3.05, 3.63) is 0 Å². The summed E-state index contributed by atoms with van der Waals surface area (Å²) in [5.41, 5.74) is 0. The van der Waals surface area contributed by atoms with Crippen LogP contribution in [0, 0.1) is 0 Å². The lowest BCUT2D eigenvalue weighted by molar-refractivity contribution is -0.242. The van der Waals surface area contributed by atoms with Gasteiger partial charge in [-0.25, -0.2) is 14.5 Å². The molecule has 0 atom stereocenters. The van der Waals surface area contributed by atoms with Crippen LogP contribution in [0.1, 0.15) is 161 Å². The van der Waals surface area contributed by atoms with Crippen molar-refractivity contribution in [2.75, 3.05) is 6.61 Å². The Kier molecular flexibility index (Phi) is 41.1. The van der Waals surface area contributed by atoms with Crippen LogP contribution in [-0.4, -0.2) is 44.6 Å². The van der Waals surface area contributed by atoms with Gasteiger partial charge < -0.3 is 20.4 Å². The monoisotopic (exact) mass is 522 g/mol. The van der Waals surface area contributed by atoms with Crippen LogP contribution in [0.4, 0.5) is 9.59 Å². The Morgan fingerprint density at radius 3 is 0.750 bits per heavy atom. The van der Waals surface area contributed by atoms with E-state index in [0.717, 1.165) is 6.42 Å². The molecule has 36 heavy (non-hydrogen) atoms. The third-order valence-corrected chi connectivity index (χ3v) is 6.09. The van der Waals surface area contributed by atoms with E-state index in [1.54, 1.807) is 0 Å². The van der Waals surface area contributed by atoms with Crippen LogP contribution in [0.3, 0.4) is 0 Å². The summed E-state index contributed by atoms with van der Waals surface area (Å²) in [6, 6.07) is 0. The Labute approximate surface area is 220 Å². The van der Waals surface area contributed by atoms with Crippen molar-refractivity contribution >= 4 is 12.3 Å². The third-order valence-electron chi connectivity index (χ3n) is 6.09. The largest absolute Gasteiger partial charge is 0.503 e. The maximum Gasteiger partial charge on any atom is 0.503 e. The second-order valence-electron chi connectivity index (χ2n) is 9.53. The Morgan fingerprint density at radius 1 is 0.417 bits per heavy atom. The second-order valence-corrected chi connectivity index (χ2v) is 9.53. The third kappa shape index (κ3) is 58.4. The fourth-order valence-corrected chi connectivity index (χ4v) is 4.13. The van der Waals surface area contributed by atoms with Crippen molar-refractivity contribution in [1.29, 1.82) is 0 Å². The molecule has 0 aliphatic heterocycles. The molecule has 0 aromatic carbocycles. The van der Waals surface area contributed by atoms with Gasteiger partial charge in [0.25, 0.3) is 0 Å². The Hall–Kier alpha value is -1.54. The molecule has 0 radical (unpaired) electrons. The summed E-state index contributed by atoms with van der Waals surface area (Å²) in [6.07, 6.45) is 30.2. The van der Waals surface area contributed by atoms with Crippen LogP contribution in [0.2, 0.25) is 0 Å². The Bertz CT molecular complexity index is 372. The van der Waals surface area contributed by atoms with Crippen LogP contribution < -0.4 is 0 Å². The van der Waals surface area contributed by atoms with E-state index in [2.05, 4.69) is 11.8 Å². The lowest BCUT2D eigenvalue weighted by Gasteiger charge is -2.04. The quantitative estimate of drug-likeness (QED) is 0.0452. The molecule has 8 nitrogen and oxygen atoms in total. The predicted octanol–water partition coefficient (Wildman–Crippen LogP) is 10.3. The van der Waals surface area contributed by atoms with Gasteiger partial charge in [-0.15, -0.1) is 0 Å². The maximum absolute atomic E-state index is 8.56. The van der Waals surface area contributed by atoms with Gasteiger partial charge in [0.2, 0.25) is 0 Å². The van der Waals surface area contributed by atoms with E-state index < -0.39 is 12.3 Å². The zero-order valence-electron chi connectivity index (χ0n) is 23.1. The molecule has 0 aromatic rings. The van der Waals surface area contributed by atoms with Gasteiger partial charge in [-0.3, -0.25) is 5.26 Å². The van der Waals surface area contributed by atoms with E-state index in [1.807, 2.05) is 0 Å². The average Bonchev–Trinajstić information content (AvgIpc) is 2.81. The summed E-state index contributed by atoms with van der Waals surface area (Å²) in [6.45, 7) is 2.80. The number of carbonyl (C=O) groups is 2. The molecular formula is C28H58O8. The van der Waals surface area contributed by atoms with Crippen molar-refractivity contribution < 1.29 is 40.2 Å². The number of carboxylic acid groups (broad SMARTS) is 4. The maximum atomic E-state index is 8.56. The Morgan fingerprint density at radius 2 is 0.583 bits per heavy atom. The lowest BCUT2D eigenvalue weighted by Crippen LogP contribution is -1.88. The zero-order chi connectivity index (χ0) is 27.5. The van der Waals surface area contributed by atoms with Gasteiger partial charge in [0.15, 0.2) is 0 Å². The summed E-state index contributed by atoms with van der Waals surface area (Å²) < 4.78 is 0. The lowest BCUT2D eigenvalue weighted by atomic mass is 10.0. The normalized spacial score (nSPS) is 10.2. The summed E-state index contributed by atoms with van der Waals surface area (Å²) >= 11 is 0. The van der Waals surface area contributed by atoms with Gasteiger partial charge in [-0.2, -0.15) is 0 Å². The van der Waals surface area contributed by atoms with Gasteiger partial charge in [0.05, 0.1) is 6.61 Å². The van der Waals surface area contributed by atoms with Crippen molar-refractivity contribution in [2.24, 2.45) is 0 Å². The van der Waals surface area contributed by atoms with Gasteiger partial charge in [0, 0.05) is 0 Å². The molecule has 0 aliphatic rings. The summed E-state index contributed by atoms with van der Waals surface area (Å²) in [4.78, 5) is 21.2. The molecule has 0 spiro atoms. The Balaban J connectivity index is -0.00000118. The number of hydrogen-bond acceptors (Lipinski definition) is 4. The van der Waals surface area contributed by atoms with Crippen molar-refractivity contribution in [3.8, 4) is 0 Å². The fourth-order valence-electron chi connectivity index (χ4n) is 4.13. The van der Waals surface area contributed by atoms with E-state index in [4.69, 9.17) is 35.3 Å². The minimum absolute atomic E-state index is 0.499. The molecule has 0 saturated heterocycles. The molecule has 218 valence electrons. The molecule has 5 N–H and O–H groups in total. The number of rotatable bonds is 25. The van der Waals surface area contributed by atoms with Crippen molar-refractivity contribution in [2.45, 2.75) is 161 Å². The molecule has 8 heteroatoms. The highest BCUT2D eigenvalue weighted by atomic mass is 17.1. The first-order valence-electron chi connectivity index (χ1n) is 14.5. The molecule has 0 fully saturated rings. The summed E-state index contributed by atoms with van der Waals surface area (Å²) in [5, 5.41) is 36.1. The molecule has 0 heterocycles. The van der Waals surface area contributed by atoms with Crippen LogP contribution in [0.5, 0.6) is 0 Å². The average molecular weight is 523 g/mol. The first-order valence-corrected chi connectivity index (χ1v) is 14.5. The highest BCUT2D eigenvalue weighted by molar-refractivity contribution is 5.53. The molecule has 0 saturated carbocycles. The molecule has 0 bridgehead atoms. The summed E-state index contributed by atoms with van der Waals surface area (Å²) in [5.74, 6) is 0. The smallest absolute Gasteiger partial charge is 0.450 e. The molecule has 0 amide bonds. The van der Waals surface area contributed by atoms with Crippen LogP contribution in [-0.2, 0) is 4.89 Å². The van der Waals surface area contributed by atoms with Crippen LogP contribution in [0.15, 0.2) is 0 Å². The fraction of sp³-hybridized carbons (Fsp3) is 0.929. The van der Waals surface area contributed by atoms with E-state index in [1.165, 1.54) is 148 Å². The van der Waals surface area contributed by atoms with E-state index in [9.17, 15) is 0 Å². The van der Waals surface area contributed by atoms with E-state index in [0.29, 0.717) is 6.61 Å². The van der Waals surface area contributed by atoms with Crippen LogP contribution >= 0.6 is 0 Å². The van der Waals surface area contributed by atoms with E-state index >= 15 is 0 Å². The minimum Gasteiger partial charge on any atom is -0.450 e. The molecule has 0 unspecified atom stereocenters. The highest BCUT2D eigenvalue weighted by Gasteiger charge is 1.96. The van der Waals surface area contributed by atoms with Crippen molar-refractivity contribution in [3.63, 3.8) is 0 Å². The molecular weight excluding hydrogens is 464 g/mol. The zero-order valence-corrected chi connectivity index (χ0v) is 23.1. The van der Waals surface area contributed by atoms with Gasteiger partial charge in [-0.1, -0.05) is 155 Å². The molecule has 0 rings (SSSR count). The predicted molar refractivity (Wildman–Crippen MR) is 146 cm³/mol. The number of unbranched alkanes of at least 4 members (excludes halogenated alkanes) is 23. The molecule has 0 aliphatic carbocycles. The van der Waals surface area contributed by atoms with E-state index in [-0.39, 0.29) is 0 Å². The minimum atomic E-state index is -1.83. The first-order chi connectivity index (χ1) is 17.4. The highest BCUT2D eigenvalue weighted by Crippen LogP contribution is 2.15. The van der Waals surface area contributed by atoms with Crippen molar-refractivity contribution in [1.82, 2.24) is 0 Å². The first kappa shape index (κ1) is 39.0. The second kappa shape index (κ2) is 38.0. The summed E-state index contributed by atoms with van der Waals surface area (Å²) in [7, 11) is 0. The molecule has 0 aromatic heterocycles.